The van der Waals surface area contributed by atoms with Gasteiger partial charge in [-0.05, 0) is 11.0 Å². The molecule has 0 atom stereocenters. The summed E-state index contributed by atoms with van der Waals surface area (Å²) in [6, 6.07) is 0. The van der Waals surface area contributed by atoms with E-state index >= 15 is 0 Å². The first-order chi connectivity index (χ1) is 5.17. The van der Waals surface area contributed by atoms with Gasteiger partial charge in [-0.25, -0.2) is 0 Å². The Morgan fingerprint density at radius 2 is 1.45 bits per heavy atom. The standard InChI is InChI=1S/C8H11BO2/c1-4-7(5-2)8(6-3)9(10)11/h4-6,10-11H,1-3H2. The Hall–Kier alpha value is -1.06. The van der Waals surface area contributed by atoms with E-state index in [2.05, 4.69) is 19.7 Å². The topological polar surface area (TPSA) is 40.5 Å². The molecule has 3 heteroatoms. The summed E-state index contributed by atoms with van der Waals surface area (Å²) in [7, 11) is -1.52. The third kappa shape index (κ3) is 2.57. The number of hydrogen-bond acceptors (Lipinski definition) is 2. The van der Waals surface area contributed by atoms with Crippen LogP contribution in [0.2, 0.25) is 0 Å². The molecule has 0 aliphatic heterocycles. The van der Waals surface area contributed by atoms with E-state index in [9.17, 15) is 0 Å². The van der Waals surface area contributed by atoms with E-state index in [0.717, 1.165) is 0 Å². The van der Waals surface area contributed by atoms with E-state index in [1.54, 1.807) is 0 Å². The van der Waals surface area contributed by atoms with Crippen LogP contribution in [-0.4, -0.2) is 17.2 Å². The minimum atomic E-state index is -1.52. The van der Waals surface area contributed by atoms with Gasteiger partial charge in [0.15, 0.2) is 0 Å². The highest BCUT2D eigenvalue weighted by Crippen LogP contribution is 2.08. The van der Waals surface area contributed by atoms with Crippen molar-refractivity contribution in [3.63, 3.8) is 0 Å². The lowest BCUT2D eigenvalue weighted by atomic mass is 9.76. The summed E-state index contributed by atoms with van der Waals surface area (Å²) in [5, 5.41) is 17.6. The maximum Gasteiger partial charge on any atom is 0.489 e. The lowest BCUT2D eigenvalue weighted by Crippen LogP contribution is -2.15. The summed E-state index contributed by atoms with van der Waals surface area (Å²) < 4.78 is 0. The summed E-state index contributed by atoms with van der Waals surface area (Å²) in [4.78, 5) is 0. The quantitative estimate of drug-likeness (QED) is 0.460. The van der Waals surface area contributed by atoms with Gasteiger partial charge in [-0.2, -0.15) is 0 Å². The van der Waals surface area contributed by atoms with Crippen LogP contribution >= 0.6 is 0 Å². The zero-order valence-corrected chi connectivity index (χ0v) is 6.33. The van der Waals surface area contributed by atoms with E-state index in [-0.39, 0.29) is 0 Å². The first-order valence-corrected chi connectivity index (χ1v) is 3.15. The summed E-state index contributed by atoms with van der Waals surface area (Å²) in [5.74, 6) is 0. The largest absolute Gasteiger partial charge is 0.489 e. The summed E-state index contributed by atoms with van der Waals surface area (Å²) in [6.07, 6.45) is 4.34. The molecule has 0 bridgehead atoms. The maximum absolute atomic E-state index is 8.78. The van der Waals surface area contributed by atoms with Crippen molar-refractivity contribution >= 4 is 7.12 Å². The molecule has 0 aromatic rings. The predicted molar refractivity (Wildman–Crippen MR) is 47.8 cm³/mol. The van der Waals surface area contributed by atoms with Crippen molar-refractivity contribution in [3.8, 4) is 0 Å². The van der Waals surface area contributed by atoms with E-state index in [4.69, 9.17) is 10.0 Å². The third-order valence-electron chi connectivity index (χ3n) is 1.27. The second kappa shape index (κ2) is 4.71. The highest BCUT2D eigenvalue weighted by Gasteiger charge is 2.13. The Morgan fingerprint density at radius 1 is 1.00 bits per heavy atom. The van der Waals surface area contributed by atoms with E-state index in [1.165, 1.54) is 18.2 Å². The lowest BCUT2D eigenvalue weighted by Gasteiger charge is -2.02. The highest BCUT2D eigenvalue weighted by atomic mass is 16.4. The average Bonchev–Trinajstić information content (AvgIpc) is 1.99. The predicted octanol–water partition coefficient (Wildman–Crippen LogP) is 0.853. The van der Waals surface area contributed by atoms with Crippen molar-refractivity contribution in [2.45, 2.75) is 0 Å². The Balaban J connectivity index is 4.91. The monoisotopic (exact) mass is 150 g/mol. The van der Waals surface area contributed by atoms with Gasteiger partial charge in [0.25, 0.3) is 0 Å². The second-order valence-electron chi connectivity index (χ2n) is 1.90. The number of allylic oxidation sites excluding steroid dienone is 5. The maximum atomic E-state index is 8.78. The minimum absolute atomic E-state index is 0.315. The van der Waals surface area contributed by atoms with E-state index in [1.807, 2.05) is 0 Å². The van der Waals surface area contributed by atoms with Crippen molar-refractivity contribution < 1.29 is 10.0 Å². The van der Waals surface area contributed by atoms with Crippen molar-refractivity contribution in [1.29, 1.82) is 0 Å². The molecule has 2 nitrogen and oxygen atoms in total. The lowest BCUT2D eigenvalue weighted by molar-refractivity contribution is 0.420. The van der Waals surface area contributed by atoms with Gasteiger partial charge in [0.05, 0.1) is 0 Å². The van der Waals surface area contributed by atoms with Crippen LogP contribution in [0.15, 0.2) is 49.0 Å². The first kappa shape index (κ1) is 9.94. The molecule has 0 fully saturated rings. The molecule has 0 aliphatic rings. The average molecular weight is 150 g/mol. The van der Waals surface area contributed by atoms with Crippen LogP contribution in [0.25, 0.3) is 0 Å². The van der Waals surface area contributed by atoms with Gasteiger partial charge in [-0.1, -0.05) is 38.0 Å². The zero-order chi connectivity index (χ0) is 8.85. The molecule has 0 unspecified atom stereocenters. The van der Waals surface area contributed by atoms with E-state index in [0.29, 0.717) is 11.0 Å². The fraction of sp³-hybridized carbons (Fsp3) is 0. The molecule has 0 rings (SSSR count). The van der Waals surface area contributed by atoms with Crippen molar-refractivity contribution in [1.82, 2.24) is 0 Å². The molecule has 0 saturated carbocycles. The van der Waals surface area contributed by atoms with Gasteiger partial charge in [0.1, 0.15) is 0 Å². The molecule has 0 aromatic heterocycles. The van der Waals surface area contributed by atoms with Gasteiger partial charge in [0, 0.05) is 0 Å². The Bertz CT molecular complexity index is 194. The highest BCUT2D eigenvalue weighted by molar-refractivity contribution is 6.52. The second-order valence-corrected chi connectivity index (χ2v) is 1.90. The van der Waals surface area contributed by atoms with Crippen LogP contribution < -0.4 is 0 Å². The zero-order valence-electron chi connectivity index (χ0n) is 6.33. The van der Waals surface area contributed by atoms with Gasteiger partial charge in [-0.15, -0.1) is 0 Å². The molecule has 2 N–H and O–H groups in total. The Kier molecular flexibility index (Phi) is 4.26. The van der Waals surface area contributed by atoms with Gasteiger partial charge < -0.3 is 10.0 Å². The smallest absolute Gasteiger partial charge is 0.423 e. The molecule has 0 saturated heterocycles. The molecular formula is C8H11BO2. The molecule has 0 aliphatic carbocycles. The van der Waals surface area contributed by atoms with Crippen LogP contribution in [0.1, 0.15) is 0 Å². The molecule has 0 amide bonds. The molecule has 0 radical (unpaired) electrons. The van der Waals surface area contributed by atoms with Crippen LogP contribution in [0, 0.1) is 0 Å². The molecule has 11 heavy (non-hydrogen) atoms. The van der Waals surface area contributed by atoms with Gasteiger partial charge in [0.2, 0.25) is 0 Å². The molecule has 58 valence electrons. The molecule has 0 spiro atoms. The van der Waals surface area contributed by atoms with Gasteiger partial charge >= 0.3 is 7.12 Å². The van der Waals surface area contributed by atoms with Crippen molar-refractivity contribution in [2.75, 3.05) is 0 Å². The fourth-order valence-electron chi connectivity index (χ4n) is 0.691. The first-order valence-electron chi connectivity index (χ1n) is 3.15. The SMILES string of the molecule is C=CC(C=C)=C(C=C)B(O)O. The summed E-state index contributed by atoms with van der Waals surface area (Å²) in [6.45, 7) is 10.4. The van der Waals surface area contributed by atoms with E-state index < -0.39 is 7.12 Å². The molecule has 0 aromatic carbocycles. The van der Waals surface area contributed by atoms with Crippen LogP contribution in [0.4, 0.5) is 0 Å². The fourth-order valence-corrected chi connectivity index (χ4v) is 0.691. The molecular weight excluding hydrogens is 139 g/mol. The number of rotatable bonds is 4. The summed E-state index contributed by atoms with van der Waals surface area (Å²) in [5.41, 5.74) is 0.894. The molecule has 0 heterocycles. The van der Waals surface area contributed by atoms with Crippen molar-refractivity contribution in [2.24, 2.45) is 0 Å². The van der Waals surface area contributed by atoms with Crippen LogP contribution in [0.3, 0.4) is 0 Å². The minimum Gasteiger partial charge on any atom is -0.423 e. The van der Waals surface area contributed by atoms with Crippen LogP contribution in [0.5, 0.6) is 0 Å². The van der Waals surface area contributed by atoms with Crippen molar-refractivity contribution in [3.05, 3.63) is 49.0 Å². The number of hydrogen-bond donors (Lipinski definition) is 2. The summed E-state index contributed by atoms with van der Waals surface area (Å²) >= 11 is 0. The Morgan fingerprint density at radius 3 is 1.55 bits per heavy atom. The van der Waals surface area contributed by atoms with Gasteiger partial charge in [-0.3, -0.25) is 0 Å². The Labute approximate surface area is 67.0 Å². The third-order valence-corrected chi connectivity index (χ3v) is 1.27. The normalized spacial score (nSPS) is 8.18. The van der Waals surface area contributed by atoms with Crippen LogP contribution in [-0.2, 0) is 0 Å².